The zero-order valence-electron chi connectivity index (χ0n) is 11.8. The smallest absolute Gasteiger partial charge is 0.469 e. The van der Waals surface area contributed by atoms with E-state index in [4.69, 9.17) is 13.3 Å². The minimum atomic E-state index is -2.38. The van der Waals surface area contributed by atoms with Gasteiger partial charge in [-0.05, 0) is 26.8 Å². The van der Waals surface area contributed by atoms with Crippen molar-refractivity contribution in [2.24, 2.45) is 0 Å². The quantitative estimate of drug-likeness (QED) is 0.422. The Morgan fingerprint density at radius 3 is 2.47 bits per heavy atom. The van der Waals surface area contributed by atoms with Crippen LogP contribution in [0.15, 0.2) is 0 Å². The van der Waals surface area contributed by atoms with E-state index >= 15 is 0 Å². The van der Waals surface area contributed by atoms with Crippen molar-refractivity contribution < 1.29 is 22.8 Å². The number of hydrogen-bond acceptors (Lipinski definition) is 6. The number of rotatable bonds is 7. The topological polar surface area (TPSA) is 66.0 Å². The highest BCUT2D eigenvalue weighted by molar-refractivity contribution is 6.62. The van der Waals surface area contributed by atoms with Crippen LogP contribution in [0.3, 0.4) is 0 Å². The van der Waals surface area contributed by atoms with E-state index in [1.165, 1.54) is 7.11 Å². The first-order chi connectivity index (χ1) is 9.06. The Hall–Kier alpha value is -0.473. The summed E-state index contributed by atoms with van der Waals surface area (Å²) in [5.41, 5.74) is 0. The summed E-state index contributed by atoms with van der Waals surface area (Å²) in [6.45, 7) is 5.56. The molecular formula is C12H23NO5Si. The molecule has 19 heavy (non-hydrogen) atoms. The van der Waals surface area contributed by atoms with Gasteiger partial charge in [0.05, 0.1) is 31.8 Å². The Morgan fingerprint density at radius 2 is 1.89 bits per heavy atom. The number of nitrogens with one attached hydrogen (secondary N) is 1. The third-order valence-electron chi connectivity index (χ3n) is 3.54. The van der Waals surface area contributed by atoms with E-state index in [1.807, 2.05) is 13.8 Å². The number of carbonyl (C=O) groups is 1. The molecule has 0 aromatic carbocycles. The van der Waals surface area contributed by atoms with Crippen molar-refractivity contribution >= 4 is 14.8 Å². The monoisotopic (exact) mass is 289 g/mol. The van der Waals surface area contributed by atoms with Gasteiger partial charge in [0.2, 0.25) is 0 Å². The molecule has 2 bridgehead atoms. The molecule has 2 aliphatic rings. The Labute approximate surface area is 115 Å². The van der Waals surface area contributed by atoms with Crippen molar-refractivity contribution in [3.05, 3.63) is 0 Å². The highest BCUT2D eigenvalue weighted by Crippen LogP contribution is 2.40. The lowest BCUT2D eigenvalue weighted by Gasteiger charge is -2.26. The van der Waals surface area contributed by atoms with Gasteiger partial charge in [0.25, 0.3) is 0 Å². The summed E-state index contributed by atoms with van der Waals surface area (Å²) in [7, 11) is -0.978. The number of ether oxygens (including phenoxy) is 1. The normalized spacial score (nSPS) is 36.7. The molecule has 0 radical (unpaired) electrons. The molecule has 2 aliphatic heterocycles. The van der Waals surface area contributed by atoms with Gasteiger partial charge < -0.3 is 23.3 Å². The standard InChI is InChI=1S/C12H23NO5Si/c1-9-12-10(2)17-19(16-9,18-12)8-4-6-13-7-5-11(14)15-3/h9-10,12-13H,4-8H2,1-3H3. The molecule has 0 aromatic rings. The molecule has 0 amide bonds. The lowest BCUT2D eigenvalue weighted by atomic mass is 10.1. The maximum absolute atomic E-state index is 10.9. The van der Waals surface area contributed by atoms with Crippen molar-refractivity contribution in [1.29, 1.82) is 0 Å². The van der Waals surface area contributed by atoms with Crippen LogP contribution in [0.2, 0.25) is 6.04 Å². The number of carbonyl (C=O) groups excluding carboxylic acids is 1. The summed E-state index contributed by atoms with van der Waals surface area (Å²) >= 11 is 0. The van der Waals surface area contributed by atoms with E-state index in [2.05, 4.69) is 10.1 Å². The van der Waals surface area contributed by atoms with E-state index in [-0.39, 0.29) is 24.3 Å². The first-order valence-corrected chi connectivity index (χ1v) is 8.80. The Kier molecular flexibility index (Phi) is 4.96. The van der Waals surface area contributed by atoms with Crippen LogP contribution in [0.25, 0.3) is 0 Å². The van der Waals surface area contributed by atoms with Crippen molar-refractivity contribution in [1.82, 2.24) is 5.32 Å². The molecule has 0 saturated carbocycles. The van der Waals surface area contributed by atoms with Crippen LogP contribution in [0.1, 0.15) is 26.7 Å². The third kappa shape index (κ3) is 3.54. The minimum Gasteiger partial charge on any atom is -0.469 e. The predicted octanol–water partition coefficient (Wildman–Crippen LogP) is 0.691. The number of hydrogen-bond donors (Lipinski definition) is 1. The average molecular weight is 289 g/mol. The maximum atomic E-state index is 10.9. The molecule has 0 aliphatic carbocycles. The van der Waals surface area contributed by atoms with Crippen LogP contribution in [0, 0.1) is 0 Å². The van der Waals surface area contributed by atoms with E-state index in [0.717, 1.165) is 19.0 Å². The molecule has 2 heterocycles. The molecule has 2 fully saturated rings. The lowest BCUT2D eigenvalue weighted by Crippen LogP contribution is -2.44. The Bertz CT molecular complexity index is 315. The maximum Gasteiger partial charge on any atom is 0.502 e. The molecule has 2 atom stereocenters. The van der Waals surface area contributed by atoms with Gasteiger partial charge in [-0.3, -0.25) is 4.79 Å². The molecule has 0 spiro atoms. The fraction of sp³-hybridized carbons (Fsp3) is 0.917. The number of methoxy groups -OCH3 is 1. The van der Waals surface area contributed by atoms with Crippen LogP contribution in [-0.4, -0.2) is 53.3 Å². The van der Waals surface area contributed by atoms with Gasteiger partial charge in [-0.1, -0.05) is 0 Å². The van der Waals surface area contributed by atoms with E-state index in [1.54, 1.807) is 0 Å². The molecule has 110 valence electrons. The van der Waals surface area contributed by atoms with Crippen molar-refractivity contribution in [3.63, 3.8) is 0 Å². The summed E-state index contributed by atoms with van der Waals surface area (Å²) in [6, 6.07) is 0.837. The van der Waals surface area contributed by atoms with Gasteiger partial charge in [0.1, 0.15) is 0 Å². The summed E-state index contributed by atoms with van der Waals surface area (Å²) in [4.78, 5) is 10.9. The second-order valence-corrected chi connectivity index (χ2v) is 7.66. The van der Waals surface area contributed by atoms with Crippen LogP contribution >= 0.6 is 0 Å². The van der Waals surface area contributed by atoms with Crippen molar-refractivity contribution in [3.8, 4) is 0 Å². The first kappa shape index (κ1) is 14.9. The molecule has 2 saturated heterocycles. The molecule has 7 heteroatoms. The zero-order valence-corrected chi connectivity index (χ0v) is 12.8. The molecular weight excluding hydrogens is 266 g/mol. The molecule has 1 N–H and O–H groups in total. The zero-order chi connectivity index (χ0) is 13.9. The molecule has 0 aromatic heterocycles. The van der Waals surface area contributed by atoms with Crippen molar-refractivity contribution in [2.75, 3.05) is 20.2 Å². The fourth-order valence-electron chi connectivity index (χ4n) is 2.59. The second kappa shape index (κ2) is 6.32. The first-order valence-electron chi connectivity index (χ1n) is 6.87. The highest BCUT2D eigenvalue weighted by atomic mass is 28.4. The third-order valence-corrected chi connectivity index (χ3v) is 6.60. The highest BCUT2D eigenvalue weighted by Gasteiger charge is 2.60. The number of esters is 1. The van der Waals surface area contributed by atoms with E-state index in [9.17, 15) is 4.79 Å². The fourth-order valence-corrected chi connectivity index (χ4v) is 5.92. The van der Waals surface area contributed by atoms with Gasteiger partial charge in [-0.25, -0.2) is 0 Å². The van der Waals surface area contributed by atoms with Gasteiger partial charge in [0, 0.05) is 12.6 Å². The van der Waals surface area contributed by atoms with Gasteiger partial charge in [-0.15, -0.1) is 0 Å². The number of fused-ring (bicyclic) bond motifs is 2. The summed E-state index contributed by atoms with van der Waals surface area (Å²) in [5, 5.41) is 3.21. The SMILES string of the molecule is COC(=O)CCNCCC[Si]12OC(C)C(O1)C(C)O2. The summed E-state index contributed by atoms with van der Waals surface area (Å²) < 4.78 is 22.3. The van der Waals surface area contributed by atoms with Gasteiger partial charge >= 0.3 is 14.8 Å². The lowest BCUT2D eigenvalue weighted by molar-refractivity contribution is -0.140. The molecule has 6 nitrogen and oxygen atoms in total. The predicted molar refractivity (Wildman–Crippen MR) is 70.6 cm³/mol. The van der Waals surface area contributed by atoms with Gasteiger partial charge in [0.15, 0.2) is 0 Å². The summed E-state index contributed by atoms with van der Waals surface area (Å²) in [5.74, 6) is -0.187. The van der Waals surface area contributed by atoms with Crippen LogP contribution in [0.4, 0.5) is 0 Å². The molecule has 2 unspecified atom stereocenters. The second-order valence-electron chi connectivity index (χ2n) is 5.09. The average Bonchev–Trinajstić information content (AvgIpc) is 2.86. The van der Waals surface area contributed by atoms with Crippen LogP contribution in [-0.2, 0) is 22.8 Å². The van der Waals surface area contributed by atoms with Crippen LogP contribution in [0.5, 0.6) is 0 Å². The van der Waals surface area contributed by atoms with Gasteiger partial charge in [-0.2, -0.15) is 0 Å². The molecule has 2 rings (SSSR count). The Balaban J connectivity index is 1.60. The van der Waals surface area contributed by atoms with E-state index < -0.39 is 8.80 Å². The van der Waals surface area contributed by atoms with E-state index in [0.29, 0.717) is 13.0 Å². The minimum absolute atomic E-state index is 0.110. The largest absolute Gasteiger partial charge is 0.502 e. The summed E-state index contributed by atoms with van der Waals surface area (Å²) in [6.07, 6.45) is 1.75. The van der Waals surface area contributed by atoms with Crippen molar-refractivity contribution in [2.45, 2.75) is 51.0 Å². The van der Waals surface area contributed by atoms with Crippen LogP contribution < -0.4 is 5.32 Å². The Morgan fingerprint density at radius 1 is 1.21 bits per heavy atom.